The van der Waals surface area contributed by atoms with E-state index in [4.69, 9.17) is 9.47 Å². The number of rotatable bonds is 2. The number of anilines is 1. The monoisotopic (exact) mass is 301 g/mol. The molecule has 22 heavy (non-hydrogen) atoms. The standard InChI is InChI=1S/C15H19N5O2/c1-12-11-21-15(22-12)7-9-19(10-8-15)14-16-17-18-20(14)13-5-3-2-4-6-13/h2-6,12H,7-11H2,1H3/t12-/m1/s1. The van der Waals surface area contributed by atoms with Gasteiger partial charge in [-0.05, 0) is 29.5 Å². The fourth-order valence-corrected chi connectivity index (χ4v) is 3.13. The summed E-state index contributed by atoms with van der Waals surface area (Å²) in [5, 5.41) is 12.1. The van der Waals surface area contributed by atoms with Gasteiger partial charge in [-0.15, -0.1) is 0 Å². The highest BCUT2D eigenvalue weighted by molar-refractivity contribution is 5.40. The van der Waals surface area contributed by atoms with Crippen molar-refractivity contribution in [1.29, 1.82) is 0 Å². The SMILES string of the molecule is C[C@@H]1COC2(CCN(c3nnnn3-c3ccccc3)CC2)O1. The lowest BCUT2D eigenvalue weighted by Crippen LogP contribution is -2.46. The van der Waals surface area contributed by atoms with E-state index in [1.807, 2.05) is 30.3 Å². The molecule has 2 fully saturated rings. The smallest absolute Gasteiger partial charge is 0.250 e. The molecule has 4 rings (SSSR count). The summed E-state index contributed by atoms with van der Waals surface area (Å²) in [6.45, 7) is 4.37. The molecule has 2 aliphatic heterocycles. The minimum atomic E-state index is -0.402. The molecule has 2 aliphatic rings. The molecule has 7 nitrogen and oxygen atoms in total. The Bertz CT molecular complexity index is 636. The van der Waals surface area contributed by atoms with Gasteiger partial charge in [0.25, 0.3) is 0 Å². The molecule has 0 aliphatic carbocycles. The highest BCUT2D eigenvalue weighted by atomic mass is 16.7. The zero-order valence-electron chi connectivity index (χ0n) is 12.6. The van der Waals surface area contributed by atoms with E-state index in [0.717, 1.165) is 37.6 Å². The quantitative estimate of drug-likeness (QED) is 0.835. The Balaban J connectivity index is 1.52. The van der Waals surface area contributed by atoms with Crippen molar-refractivity contribution >= 4 is 5.95 Å². The Labute approximate surface area is 128 Å². The maximum atomic E-state index is 5.96. The summed E-state index contributed by atoms with van der Waals surface area (Å²) in [5.41, 5.74) is 0.963. The minimum absolute atomic E-state index is 0.182. The molecule has 116 valence electrons. The van der Waals surface area contributed by atoms with Gasteiger partial charge >= 0.3 is 0 Å². The summed E-state index contributed by atoms with van der Waals surface area (Å²) in [6, 6.07) is 9.93. The van der Waals surface area contributed by atoms with Crippen LogP contribution in [0.5, 0.6) is 0 Å². The molecule has 1 spiro atoms. The molecule has 1 aromatic carbocycles. The third-order valence-electron chi connectivity index (χ3n) is 4.26. The Morgan fingerprint density at radius 1 is 1.18 bits per heavy atom. The van der Waals surface area contributed by atoms with Gasteiger partial charge in [-0.25, -0.2) is 0 Å². The van der Waals surface area contributed by atoms with Crippen molar-refractivity contribution in [2.45, 2.75) is 31.7 Å². The van der Waals surface area contributed by atoms with Gasteiger partial charge in [-0.1, -0.05) is 23.3 Å². The lowest BCUT2D eigenvalue weighted by atomic mass is 10.0. The van der Waals surface area contributed by atoms with Gasteiger partial charge in [0.1, 0.15) is 0 Å². The Morgan fingerprint density at radius 2 is 1.95 bits per heavy atom. The zero-order valence-corrected chi connectivity index (χ0v) is 12.6. The largest absolute Gasteiger partial charge is 0.347 e. The van der Waals surface area contributed by atoms with Crippen LogP contribution in [0.2, 0.25) is 0 Å². The van der Waals surface area contributed by atoms with Crippen LogP contribution in [-0.4, -0.2) is 51.8 Å². The number of ether oxygens (including phenoxy) is 2. The van der Waals surface area contributed by atoms with E-state index in [-0.39, 0.29) is 6.10 Å². The van der Waals surface area contributed by atoms with E-state index < -0.39 is 5.79 Å². The van der Waals surface area contributed by atoms with Crippen LogP contribution in [0.3, 0.4) is 0 Å². The summed E-state index contributed by atoms with van der Waals surface area (Å²) in [6.07, 6.45) is 1.85. The summed E-state index contributed by atoms with van der Waals surface area (Å²) in [4.78, 5) is 2.19. The minimum Gasteiger partial charge on any atom is -0.347 e. The number of nitrogens with zero attached hydrogens (tertiary/aromatic N) is 5. The third-order valence-corrected chi connectivity index (χ3v) is 4.26. The molecular formula is C15H19N5O2. The highest BCUT2D eigenvalue weighted by Crippen LogP contribution is 2.35. The maximum absolute atomic E-state index is 5.96. The van der Waals surface area contributed by atoms with Gasteiger partial charge < -0.3 is 14.4 Å². The molecule has 0 saturated carbocycles. The van der Waals surface area contributed by atoms with Gasteiger partial charge in [0.05, 0.1) is 18.4 Å². The number of tetrazole rings is 1. The van der Waals surface area contributed by atoms with Crippen LogP contribution in [0, 0.1) is 0 Å². The Hall–Kier alpha value is -1.99. The summed E-state index contributed by atoms with van der Waals surface area (Å²) < 4.78 is 13.6. The number of benzene rings is 1. The van der Waals surface area contributed by atoms with E-state index in [1.54, 1.807) is 4.68 Å². The van der Waals surface area contributed by atoms with Crippen LogP contribution < -0.4 is 4.90 Å². The summed E-state index contributed by atoms with van der Waals surface area (Å²) in [7, 11) is 0. The molecule has 0 radical (unpaired) electrons. The lowest BCUT2D eigenvalue weighted by Gasteiger charge is -2.37. The molecule has 1 aromatic heterocycles. The van der Waals surface area contributed by atoms with E-state index in [2.05, 4.69) is 27.3 Å². The maximum Gasteiger partial charge on any atom is 0.250 e. The molecule has 7 heteroatoms. The molecule has 0 N–H and O–H groups in total. The Kier molecular flexibility index (Phi) is 3.31. The van der Waals surface area contributed by atoms with Crippen LogP contribution in [0.15, 0.2) is 30.3 Å². The molecule has 0 unspecified atom stereocenters. The normalized spacial score (nSPS) is 24.0. The summed E-state index contributed by atoms with van der Waals surface area (Å²) >= 11 is 0. The van der Waals surface area contributed by atoms with Crippen LogP contribution in [0.1, 0.15) is 19.8 Å². The zero-order chi connectivity index (χ0) is 15.0. The predicted octanol–water partition coefficient (Wildman–Crippen LogP) is 1.39. The lowest BCUT2D eigenvalue weighted by molar-refractivity contribution is -0.178. The number of para-hydroxylation sites is 1. The van der Waals surface area contributed by atoms with Crippen molar-refractivity contribution < 1.29 is 9.47 Å². The van der Waals surface area contributed by atoms with Gasteiger partial charge in [-0.3, -0.25) is 0 Å². The first kappa shape index (κ1) is 13.7. The van der Waals surface area contributed by atoms with Crippen LogP contribution in [0.4, 0.5) is 5.95 Å². The molecular weight excluding hydrogens is 282 g/mol. The van der Waals surface area contributed by atoms with Crippen LogP contribution >= 0.6 is 0 Å². The second kappa shape index (κ2) is 5.33. The molecule has 2 saturated heterocycles. The van der Waals surface area contributed by atoms with Crippen molar-refractivity contribution in [3.8, 4) is 5.69 Å². The van der Waals surface area contributed by atoms with Crippen molar-refractivity contribution in [3.63, 3.8) is 0 Å². The number of piperidine rings is 1. The molecule has 0 bridgehead atoms. The van der Waals surface area contributed by atoms with Crippen molar-refractivity contribution in [2.24, 2.45) is 0 Å². The number of aromatic nitrogens is 4. The fourth-order valence-electron chi connectivity index (χ4n) is 3.13. The number of hydrogen-bond acceptors (Lipinski definition) is 6. The predicted molar refractivity (Wildman–Crippen MR) is 79.8 cm³/mol. The van der Waals surface area contributed by atoms with Crippen molar-refractivity contribution in [2.75, 3.05) is 24.6 Å². The fraction of sp³-hybridized carbons (Fsp3) is 0.533. The van der Waals surface area contributed by atoms with Gasteiger partial charge in [0.2, 0.25) is 5.95 Å². The molecule has 3 heterocycles. The number of hydrogen-bond donors (Lipinski definition) is 0. The Morgan fingerprint density at radius 3 is 2.64 bits per heavy atom. The van der Waals surface area contributed by atoms with Gasteiger partial charge in [0, 0.05) is 25.9 Å². The van der Waals surface area contributed by atoms with Crippen LogP contribution in [0.25, 0.3) is 5.69 Å². The van der Waals surface area contributed by atoms with E-state index in [9.17, 15) is 0 Å². The molecule has 0 amide bonds. The van der Waals surface area contributed by atoms with Gasteiger partial charge in [-0.2, -0.15) is 4.68 Å². The van der Waals surface area contributed by atoms with E-state index in [0.29, 0.717) is 6.61 Å². The molecule has 2 aromatic rings. The van der Waals surface area contributed by atoms with E-state index >= 15 is 0 Å². The topological polar surface area (TPSA) is 65.3 Å². The van der Waals surface area contributed by atoms with Crippen molar-refractivity contribution in [3.05, 3.63) is 30.3 Å². The third kappa shape index (κ3) is 2.36. The second-order valence-corrected chi connectivity index (χ2v) is 5.86. The van der Waals surface area contributed by atoms with Gasteiger partial charge in [0.15, 0.2) is 5.79 Å². The first-order valence-corrected chi connectivity index (χ1v) is 7.66. The van der Waals surface area contributed by atoms with E-state index in [1.165, 1.54) is 0 Å². The first-order chi connectivity index (χ1) is 10.8. The average molecular weight is 301 g/mol. The average Bonchev–Trinajstić information content (AvgIpc) is 3.17. The first-order valence-electron chi connectivity index (χ1n) is 7.66. The highest BCUT2D eigenvalue weighted by Gasteiger charge is 2.43. The van der Waals surface area contributed by atoms with Crippen molar-refractivity contribution in [1.82, 2.24) is 20.2 Å². The molecule has 1 atom stereocenters. The summed E-state index contributed by atoms with van der Waals surface area (Å²) in [5.74, 6) is 0.369. The van der Waals surface area contributed by atoms with Crippen LogP contribution in [-0.2, 0) is 9.47 Å². The second-order valence-electron chi connectivity index (χ2n) is 5.86.